The molecule has 0 spiro atoms. The molecule has 3 aliphatic rings. The minimum atomic E-state index is -2.27. The zero-order chi connectivity index (χ0) is 26.5. The van der Waals surface area contributed by atoms with Crippen molar-refractivity contribution < 1.29 is 54.5 Å². The van der Waals surface area contributed by atoms with E-state index in [2.05, 4.69) is 17.4 Å². The normalized spacial score (nSPS) is 25.0. The molecule has 1 saturated heterocycles. The predicted molar refractivity (Wildman–Crippen MR) is 129 cm³/mol. The lowest BCUT2D eigenvalue weighted by Gasteiger charge is -2.56. The van der Waals surface area contributed by atoms with Crippen LogP contribution in [0.3, 0.4) is 0 Å². The highest BCUT2D eigenvalue weighted by Gasteiger charge is 2.51. The number of aliphatic hydroxyl groups excluding tert-OH is 2. The van der Waals surface area contributed by atoms with Crippen molar-refractivity contribution in [1.82, 2.24) is 5.32 Å². The minimum absolute atomic E-state index is 0. The number of carbonyl (C=O) groups excluding carboxylic acids is 1. The van der Waals surface area contributed by atoms with E-state index in [9.17, 15) is 14.4 Å². The van der Waals surface area contributed by atoms with Gasteiger partial charge in [-0.15, -0.1) is 0 Å². The van der Waals surface area contributed by atoms with Crippen LogP contribution in [0.4, 0.5) is 4.79 Å². The molecule has 37 heavy (non-hydrogen) atoms. The van der Waals surface area contributed by atoms with Crippen molar-refractivity contribution in [3.63, 3.8) is 0 Å². The number of fused-ring (bicyclic) bond motifs is 1. The van der Waals surface area contributed by atoms with Gasteiger partial charge in [0.15, 0.2) is 12.2 Å². The molecule has 1 heterocycles. The summed E-state index contributed by atoms with van der Waals surface area (Å²) in [5.74, 6) is -2.02. The van der Waals surface area contributed by atoms with Gasteiger partial charge in [-0.2, -0.15) is 0 Å². The summed E-state index contributed by atoms with van der Waals surface area (Å²) in [6, 6.07) is 7.01. The fourth-order valence-electron chi connectivity index (χ4n) is 5.64. The van der Waals surface area contributed by atoms with Crippen molar-refractivity contribution >= 4 is 18.1 Å². The third-order valence-electron chi connectivity index (χ3n) is 7.16. The first-order valence-electron chi connectivity index (χ1n) is 12.2. The zero-order valence-electron chi connectivity index (χ0n) is 21.0. The maximum absolute atomic E-state index is 11.5. The highest BCUT2D eigenvalue weighted by molar-refractivity contribution is 5.83. The molecule has 1 aromatic rings. The van der Waals surface area contributed by atoms with Crippen molar-refractivity contribution in [2.45, 2.75) is 82.1 Å². The van der Waals surface area contributed by atoms with E-state index in [1.807, 2.05) is 6.07 Å². The molecule has 12 heteroatoms. The van der Waals surface area contributed by atoms with E-state index in [1.54, 1.807) is 13.8 Å². The number of aliphatic carboxylic acids is 2. The van der Waals surface area contributed by atoms with Gasteiger partial charge in [0, 0.05) is 11.5 Å². The number of piperidine rings is 1. The van der Waals surface area contributed by atoms with Crippen molar-refractivity contribution in [2.75, 3.05) is 13.3 Å². The number of rotatable bonds is 7. The quantitative estimate of drug-likeness (QED) is 0.250. The van der Waals surface area contributed by atoms with Gasteiger partial charge in [-0.1, -0.05) is 18.9 Å². The van der Waals surface area contributed by atoms with Crippen molar-refractivity contribution in [1.29, 1.82) is 0 Å². The highest BCUT2D eigenvalue weighted by atomic mass is 16.8. The number of carboxylic acids is 2. The summed E-state index contributed by atoms with van der Waals surface area (Å²) in [6.07, 6.45) is 2.18. The second-order valence-electron chi connectivity index (χ2n) is 9.73. The van der Waals surface area contributed by atoms with Gasteiger partial charge < -0.3 is 45.4 Å². The van der Waals surface area contributed by atoms with Crippen LogP contribution >= 0.6 is 0 Å². The van der Waals surface area contributed by atoms with Gasteiger partial charge in [-0.25, -0.2) is 14.4 Å². The van der Waals surface area contributed by atoms with E-state index in [0.717, 1.165) is 24.6 Å². The molecule has 5 atom stereocenters. The van der Waals surface area contributed by atoms with E-state index >= 15 is 0 Å². The molecule has 2 aliphatic carbocycles. The topological polar surface area (TPSA) is 203 Å². The Kier molecular flexibility index (Phi) is 10.7. The van der Waals surface area contributed by atoms with E-state index < -0.39 is 30.3 Å². The number of hydrogen-bond acceptors (Lipinski definition) is 9. The van der Waals surface area contributed by atoms with Crippen molar-refractivity contribution in [3.8, 4) is 5.75 Å². The van der Waals surface area contributed by atoms with Crippen LogP contribution in [0.2, 0.25) is 0 Å². The third-order valence-corrected chi connectivity index (χ3v) is 7.16. The Labute approximate surface area is 214 Å². The van der Waals surface area contributed by atoms with Crippen LogP contribution in [-0.2, 0) is 30.9 Å². The molecule has 7 N–H and O–H groups in total. The molecular weight excluding hydrogens is 490 g/mol. The van der Waals surface area contributed by atoms with E-state index in [-0.39, 0.29) is 18.4 Å². The first kappa shape index (κ1) is 30.3. The maximum atomic E-state index is 11.5. The molecular formula is C25H37NO11. The zero-order valence-corrected chi connectivity index (χ0v) is 21.0. The number of aliphatic hydroxyl groups is 2. The van der Waals surface area contributed by atoms with Crippen molar-refractivity contribution in [2.24, 2.45) is 5.92 Å². The van der Waals surface area contributed by atoms with Crippen LogP contribution in [-0.4, -0.2) is 81.7 Å². The predicted octanol–water partition coefficient (Wildman–Crippen LogP) is 0.983. The molecule has 1 saturated carbocycles. The summed E-state index contributed by atoms with van der Waals surface area (Å²) in [5, 5.41) is 36.3. The van der Waals surface area contributed by atoms with E-state index in [4.69, 9.17) is 34.6 Å². The molecule has 208 valence electrons. The number of hydrogen-bond donors (Lipinski definition) is 5. The van der Waals surface area contributed by atoms with Gasteiger partial charge in [-0.3, -0.25) is 0 Å². The Balaban J connectivity index is 0.000000376. The molecule has 1 aliphatic heterocycles. The second-order valence-corrected chi connectivity index (χ2v) is 9.73. The van der Waals surface area contributed by atoms with Crippen molar-refractivity contribution in [3.05, 3.63) is 29.3 Å². The highest BCUT2D eigenvalue weighted by Crippen LogP contribution is 2.54. The van der Waals surface area contributed by atoms with Crippen LogP contribution < -0.4 is 10.1 Å². The Hall–Kier alpha value is -2.93. The third kappa shape index (κ3) is 7.10. The summed E-state index contributed by atoms with van der Waals surface area (Å²) >= 11 is 0. The number of benzene rings is 1. The summed E-state index contributed by atoms with van der Waals surface area (Å²) in [6.45, 7) is 4.57. The smallest absolute Gasteiger partial charge is 0.479 e. The standard InChI is InChI=1S/C21H29NO4.C4H6O6.H2O/c1-14(2)26-20(23)25-13-24-16-7-6-15-11-19-17-5-3-4-8-21(17,9-10-22-19)18(15)12-16;5-1(3(7)8)2(6)4(9)10;/h6-7,12,14,17,19,22H,3-5,8-11,13H2,1-2H3;1-2,5-6H,(H,7,8)(H,9,10);1H2/t17-,19+,21+;1-,2-;/m11./s1. The lowest BCUT2D eigenvalue weighted by atomic mass is 9.53. The lowest BCUT2D eigenvalue weighted by Crippen LogP contribution is -2.59. The summed E-state index contributed by atoms with van der Waals surface area (Å²) in [7, 11) is 0. The van der Waals surface area contributed by atoms with E-state index in [0.29, 0.717) is 11.5 Å². The van der Waals surface area contributed by atoms with Gasteiger partial charge in [-0.05, 0) is 75.3 Å². The molecule has 2 bridgehead atoms. The summed E-state index contributed by atoms with van der Waals surface area (Å²) in [4.78, 5) is 31.0. The molecule has 0 radical (unpaired) electrons. The number of carboxylic acid groups (broad SMARTS) is 2. The molecule has 0 amide bonds. The molecule has 2 fully saturated rings. The monoisotopic (exact) mass is 527 g/mol. The van der Waals surface area contributed by atoms with Gasteiger partial charge >= 0.3 is 18.1 Å². The fourth-order valence-corrected chi connectivity index (χ4v) is 5.64. The first-order valence-corrected chi connectivity index (χ1v) is 12.2. The lowest BCUT2D eigenvalue weighted by molar-refractivity contribution is -0.165. The maximum Gasteiger partial charge on any atom is 0.511 e. The molecule has 12 nitrogen and oxygen atoms in total. The van der Waals surface area contributed by atoms with Crippen LogP contribution in [0.1, 0.15) is 57.1 Å². The molecule has 1 aromatic carbocycles. The van der Waals surface area contributed by atoms with Crippen LogP contribution in [0.15, 0.2) is 18.2 Å². The Morgan fingerprint density at radius 3 is 2.38 bits per heavy atom. The Morgan fingerprint density at radius 2 is 1.76 bits per heavy atom. The van der Waals surface area contributed by atoms with Crippen LogP contribution in [0.25, 0.3) is 0 Å². The van der Waals surface area contributed by atoms with Crippen LogP contribution in [0, 0.1) is 5.92 Å². The average Bonchev–Trinajstić information content (AvgIpc) is 2.83. The Bertz CT molecular complexity index is 931. The van der Waals surface area contributed by atoms with Gasteiger partial charge in [0.2, 0.25) is 6.79 Å². The average molecular weight is 528 g/mol. The second kappa shape index (κ2) is 13.0. The molecule has 4 rings (SSSR count). The van der Waals surface area contributed by atoms with Gasteiger partial charge in [0.1, 0.15) is 5.75 Å². The molecule has 0 unspecified atom stereocenters. The van der Waals surface area contributed by atoms with E-state index in [1.165, 1.54) is 43.2 Å². The van der Waals surface area contributed by atoms with Gasteiger partial charge in [0.05, 0.1) is 6.10 Å². The van der Waals surface area contributed by atoms with Crippen LogP contribution in [0.5, 0.6) is 5.75 Å². The minimum Gasteiger partial charge on any atom is -0.479 e. The largest absolute Gasteiger partial charge is 0.511 e. The summed E-state index contributed by atoms with van der Waals surface area (Å²) < 4.78 is 15.6. The number of carbonyl (C=O) groups is 3. The number of nitrogens with one attached hydrogen (secondary N) is 1. The fraction of sp³-hybridized carbons (Fsp3) is 0.640. The first-order chi connectivity index (χ1) is 17.0. The van der Waals surface area contributed by atoms with Gasteiger partial charge in [0.25, 0.3) is 0 Å². The summed E-state index contributed by atoms with van der Waals surface area (Å²) in [5.41, 5.74) is 3.23. The SMILES string of the molecule is CC(C)OC(=O)OCOc1ccc2c(c1)[C@]13CCCC[C@@H]1[C@H](C2)NCC3.O.O=C(O)[C@H](O)[C@@H](O)C(=O)O. The molecule has 0 aromatic heterocycles. The number of ether oxygens (including phenoxy) is 3. The Morgan fingerprint density at radius 1 is 1.08 bits per heavy atom.